The van der Waals surface area contributed by atoms with Gasteiger partial charge in [0.15, 0.2) is 0 Å². The molecule has 0 bridgehead atoms. The number of allylic oxidation sites excluding steroid dienone is 2. The van der Waals surface area contributed by atoms with Crippen LogP contribution in [-0.4, -0.2) is 16.9 Å². The van der Waals surface area contributed by atoms with Gasteiger partial charge >= 0.3 is 0 Å². The zero-order chi connectivity index (χ0) is 23.6. The lowest BCUT2D eigenvalue weighted by Gasteiger charge is -2.41. The Balaban J connectivity index is 1.28. The van der Waals surface area contributed by atoms with Crippen molar-refractivity contribution in [2.45, 2.75) is 62.6 Å². The van der Waals surface area contributed by atoms with Crippen molar-refractivity contribution in [1.29, 1.82) is 0 Å². The number of nitrogens with two attached hydrogens (primary N) is 1. The van der Waals surface area contributed by atoms with E-state index in [1.54, 1.807) is 0 Å². The number of rotatable bonds is 2. The van der Waals surface area contributed by atoms with E-state index in [2.05, 4.69) is 30.9 Å². The van der Waals surface area contributed by atoms with Gasteiger partial charge in [-0.2, -0.15) is 0 Å². The highest BCUT2D eigenvalue weighted by atomic mass is 19.1. The van der Waals surface area contributed by atoms with E-state index >= 15 is 0 Å². The number of halogens is 1. The molecule has 0 radical (unpaired) electrons. The van der Waals surface area contributed by atoms with Crippen LogP contribution < -0.4 is 5.73 Å². The molecule has 2 saturated carbocycles. The average molecular weight is 453 g/mol. The molecule has 1 heterocycles. The number of hydrogen-bond acceptors (Lipinski definition) is 3. The number of benzene rings is 2. The van der Waals surface area contributed by atoms with E-state index in [0.29, 0.717) is 6.42 Å². The molecule has 1 aliphatic heterocycles. The van der Waals surface area contributed by atoms with Crippen LogP contribution in [0.15, 0.2) is 76.3 Å². The van der Waals surface area contributed by atoms with Gasteiger partial charge in [0.05, 0.1) is 6.04 Å². The van der Waals surface area contributed by atoms with E-state index in [1.165, 1.54) is 28.9 Å². The molecule has 4 aliphatic rings. The fourth-order valence-electron chi connectivity index (χ4n) is 5.87. The SMILES string of the molecule is CC12CC3=C(C=C1CC[C@@]2(O)C#Cc1ccccc1C1(N)CC1)C[C@@H](c1ccc(F)cc1)N=C3. The minimum absolute atomic E-state index is 0.00291. The van der Waals surface area contributed by atoms with Gasteiger partial charge in [0, 0.05) is 22.7 Å². The Labute approximate surface area is 200 Å². The molecule has 0 amide bonds. The normalized spacial score (nSPS) is 30.7. The summed E-state index contributed by atoms with van der Waals surface area (Å²) >= 11 is 0. The van der Waals surface area contributed by atoms with Crippen molar-refractivity contribution in [3.63, 3.8) is 0 Å². The Bertz CT molecular complexity index is 1320. The Morgan fingerprint density at radius 2 is 1.82 bits per heavy atom. The quantitative estimate of drug-likeness (QED) is 0.591. The van der Waals surface area contributed by atoms with Crippen molar-refractivity contribution in [2.24, 2.45) is 16.1 Å². The minimum Gasteiger partial charge on any atom is -0.377 e. The lowest BCUT2D eigenvalue weighted by Crippen LogP contribution is -2.43. The first-order chi connectivity index (χ1) is 16.3. The third-order valence-corrected chi connectivity index (χ3v) is 8.42. The molecule has 6 rings (SSSR count). The summed E-state index contributed by atoms with van der Waals surface area (Å²) in [4.78, 5) is 4.78. The second kappa shape index (κ2) is 7.50. The summed E-state index contributed by atoms with van der Waals surface area (Å²) in [6, 6.07) is 14.7. The van der Waals surface area contributed by atoms with E-state index in [0.717, 1.165) is 48.8 Å². The first-order valence-corrected chi connectivity index (χ1v) is 12.2. The topological polar surface area (TPSA) is 58.6 Å². The number of aliphatic imine (C=N–C) groups is 1. The third-order valence-electron chi connectivity index (χ3n) is 8.42. The monoisotopic (exact) mass is 452 g/mol. The summed E-state index contributed by atoms with van der Waals surface area (Å²) in [5.41, 5.74) is 11.4. The lowest BCUT2D eigenvalue weighted by atomic mass is 9.66. The number of nitrogens with zero attached hydrogens (tertiary/aromatic N) is 1. The van der Waals surface area contributed by atoms with Crippen molar-refractivity contribution in [3.05, 3.63) is 93.8 Å². The Morgan fingerprint density at radius 3 is 2.59 bits per heavy atom. The van der Waals surface area contributed by atoms with Crippen LogP contribution in [0.3, 0.4) is 0 Å². The summed E-state index contributed by atoms with van der Waals surface area (Å²) in [6.07, 6.45) is 9.17. The summed E-state index contributed by atoms with van der Waals surface area (Å²) in [7, 11) is 0. The number of dihydropyridines is 1. The van der Waals surface area contributed by atoms with Gasteiger partial charge in [-0.05, 0) is 79.0 Å². The molecule has 2 aromatic rings. The summed E-state index contributed by atoms with van der Waals surface area (Å²) in [5.74, 6) is 6.38. The van der Waals surface area contributed by atoms with Crippen LogP contribution in [-0.2, 0) is 5.54 Å². The molecule has 2 aromatic carbocycles. The molecular weight excluding hydrogens is 423 g/mol. The number of aliphatic hydroxyl groups is 1. The van der Waals surface area contributed by atoms with Crippen LogP contribution in [0.25, 0.3) is 0 Å². The molecular formula is C30H29FN2O. The zero-order valence-corrected chi connectivity index (χ0v) is 19.4. The number of fused-ring (bicyclic) bond motifs is 1. The molecule has 172 valence electrons. The summed E-state index contributed by atoms with van der Waals surface area (Å²) in [6.45, 7) is 2.14. The largest absolute Gasteiger partial charge is 0.377 e. The second-order valence-electron chi connectivity index (χ2n) is 10.6. The molecule has 0 saturated heterocycles. The maximum Gasteiger partial charge on any atom is 0.135 e. The molecule has 3 atom stereocenters. The maximum absolute atomic E-state index is 13.3. The smallest absolute Gasteiger partial charge is 0.135 e. The molecule has 0 aromatic heterocycles. The predicted octanol–water partition coefficient (Wildman–Crippen LogP) is 5.50. The van der Waals surface area contributed by atoms with Crippen LogP contribution in [0.1, 0.15) is 68.2 Å². The number of hydrogen-bond donors (Lipinski definition) is 2. The van der Waals surface area contributed by atoms with Crippen molar-refractivity contribution in [2.75, 3.05) is 0 Å². The van der Waals surface area contributed by atoms with Crippen molar-refractivity contribution in [1.82, 2.24) is 0 Å². The Morgan fingerprint density at radius 1 is 1.06 bits per heavy atom. The molecule has 2 fully saturated rings. The fourth-order valence-corrected chi connectivity index (χ4v) is 5.87. The molecule has 3 aliphatic carbocycles. The molecule has 34 heavy (non-hydrogen) atoms. The van der Waals surface area contributed by atoms with Gasteiger partial charge in [0.25, 0.3) is 0 Å². The van der Waals surface area contributed by atoms with Crippen molar-refractivity contribution < 1.29 is 9.50 Å². The molecule has 3 nitrogen and oxygen atoms in total. The first-order valence-electron chi connectivity index (χ1n) is 12.2. The van der Waals surface area contributed by atoms with Crippen molar-refractivity contribution >= 4 is 6.21 Å². The molecule has 3 N–H and O–H groups in total. The van der Waals surface area contributed by atoms with Gasteiger partial charge < -0.3 is 10.8 Å². The van der Waals surface area contributed by atoms with Gasteiger partial charge in [0.1, 0.15) is 11.4 Å². The van der Waals surface area contributed by atoms with Gasteiger partial charge in [-0.3, -0.25) is 4.99 Å². The van der Waals surface area contributed by atoms with E-state index < -0.39 is 11.0 Å². The highest BCUT2D eigenvalue weighted by molar-refractivity contribution is 5.83. The molecule has 4 heteroatoms. The van der Waals surface area contributed by atoms with Gasteiger partial charge in [-0.15, -0.1) is 0 Å². The zero-order valence-electron chi connectivity index (χ0n) is 19.4. The van der Waals surface area contributed by atoms with Gasteiger partial charge in [-0.1, -0.05) is 60.7 Å². The van der Waals surface area contributed by atoms with Crippen LogP contribution in [0.2, 0.25) is 0 Å². The first kappa shape index (κ1) is 21.5. The maximum atomic E-state index is 13.3. The van der Waals surface area contributed by atoms with Crippen molar-refractivity contribution in [3.8, 4) is 11.8 Å². The van der Waals surface area contributed by atoms with E-state index in [1.807, 2.05) is 36.5 Å². The summed E-state index contributed by atoms with van der Waals surface area (Å²) < 4.78 is 13.3. The van der Waals surface area contributed by atoms with E-state index in [-0.39, 0.29) is 17.4 Å². The highest BCUT2D eigenvalue weighted by Gasteiger charge is 2.54. The average Bonchev–Trinajstić information content (AvgIpc) is 3.54. The summed E-state index contributed by atoms with van der Waals surface area (Å²) in [5, 5.41) is 11.8. The standard InChI is InChI=1S/C30H29FN2O/c1-28-18-23-19-33-27(21-6-8-25(31)9-7-21)17-22(23)16-24(28)11-13-30(28,34)12-10-20-4-2-3-5-26(20)29(32)14-15-29/h2-9,16,19,27,34H,11,13-15,17-18,32H2,1H3/t27-,28?,30-/m0/s1. The van der Waals surface area contributed by atoms with Gasteiger partial charge in [-0.25, -0.2) is 4.39 Å². The lowest BCUT2D eigenvalue weighted by molar-refractivity contribution is 0.0155. The molecule has 0 spiro atoms. The van der Waals surface area contributed by atoms with Crippen LogP contribution >= 0.6 is 0 Å². The minimum atomic E-state index is -1.10. The third kappa shape index (κ3) is 3.38. The van der Waals surface area contributed by atoms with E-state index in [4.69, 9.17) is 10.7 Å². The highest BCUT2D eigenvalue weighted by Crippen LogP contribution is 2.57. The van der Waals surface area contributed by atoms with Gasteiger partial charge in [0.2, 0.25) is 0 Å². The predicted molar refractivity (Wildman–Crippen MR) is 133 cm³/mol. The van der Waals surface area contributed by atoms with Crippen LogP contribution in [0, 0.1) is 23.1 Å². The fraction of sp³-hybridized carbons (Fsp3) is 0.367. The Kier molecular flexibility index (Phi) is 4.75. The molecule has 1 unspecified atom stereocenters. The van der Waals surface area contributed by atoms with Crippen LogP contribution in [0.5, 0.6) is 0 Å². The van der Waals surface area contributed by atoms with Crippen LogP contribution in [0.4, 0.5) is 4.39 Å². The van der Waals surface area contributed by atoms with E-state index in [9.17, 15) is 9.50 Å². The Hall–Kier alpha value is -3.00. The second-order valence-corrected chi connectivity index (χ2v) is 10.6.